The van der Waals surface area contributed by atoms with E-state index in [2.05, 4.69) is 44.3 Å². The van der Waals surface area contributed by atoms with Crippen LogP contribution in [0.5, 0.6) is 0 Å². The third-order valence-corrected chi connectivity index (χ3v) is 6.35. The van der Waals surface area contributed by atoms with E-state index >= 15 is 0 Å². The summed E-state index contributed by atoms with van der Waals surface area (Å²) in [6.45, 7) is 10.2. The second-order valence-electron chi connectivity index (χ2n) is 7.06. The highest BCUT2D eigenvalue weighted by Crippen LogP contribution is 2.22. The van der Waals surface area contributed by atoms with Gasteiger partial charge in [0, 0.05) is 50.8 Å². The molecule has 0 amide bonds. The van der Waals surface area contributed by atoms with E-state index in [4.69, 9.17) is 0 Å². The largest absolute Gasteiger partial charge is 0.367 e. The number of hydrogen-bond donors (Lipinski definition) is 2. The maximum atomic E-state index is 14.7. The molecule has 2 heterocycles. The van der Waals surface area contributed by atoms with E-state index in [1.165, 1.54) is 4.88 Å². The number of aromatic nitrogens is 1. The van der Waals surface area contributed by atoms with Gasteiger partial charge in [0.25, 0.3) is 0 Å². The molecule has 0 bridgehead atoms. The van der Waals surface area contributed by atoms with Crippen molar-refractivity contribution in [1.82, 2.24) is 20.5 Å². The van der Waals surface area contributed by atoms with Crippen LogP contribution in [0.25, 0.3) is 0 Å². The molecule has 2 aromatic rings. The number of nitrogens with zero attached hydrogens (tertiary/aromatic N) is 4. The third-order valence-electron chi connectivity index (χ3n) is 5.21. The van der Waals surface area contributed by atoms with Crippen LogP contribution in [-0.4, -0.2) is 55.6 Å². The summed E-state index contributed by atoms with van der Waals surface area (Å²) in [5.74, 6) is 0.519. The van der Waals surface area contributed by atoms with Crippen molar-refractivity contribution in [3.05, 3.63) is 45.7 Å². The van der Waals surface area contributed by atoms with Crippen LogP contribution in [0.15, 0.2) is 29.4 Å². The van der Waals surface area contributed by atoms with E-state index < -0.39 is 0 Å². The number of thiazole rings is 1. The van der Waals surface area contributed by atoms with E-state index in [-0.39, 0.29) is 5.82 Å². The van der Waals surface area contributed by atoms with Crippen molar-refractivity contribution in [1.29, 1.82) is 0 Å². The minimum absolute atomic E-state index is 0.160. The topological polar surface area (TPSA) is 55.8 Å². The zero-order valence-corrected chi connectivity index (χ0v) is 18.4. The molecule has 0 saturated carbocycles. The highest BCUT2D eigenvalue weighted by molar-refractivity contribution is 7.11. The number of piperazine rings is 1. The number of anilines is 1. The average molecular weight is 419 g/mol. The summed E-state index contributed by atoms with van der Waals surface area (Å²) >= 11 is 1.70. The minimum atomic E-state index is -0.160. The molecular weight excluding hydrogens is 387 g/mol. The van der Waals surface area contributed by atoms with Crippen molar-refractivity contribution in [3.8, 4) is 0 Å². The second kappa shape index (κ2) is 10.5. The Hall–Kier alpha value is -2.19. The fourth-order valence-corrected chi connectivity index (χ4v) is 4.18. The first-order valence-electron chi connectivity index (χ1n) is 10.3. The van der Waals surface area contributed by atoms with Crippen LogP contribution in [0.1, 0.15) is 29.3 Å². The predicted molar refractivity (Wildman–Crippen MR) is 119 cm³/mol. The molecular formula is C21H31FN6S. The number of hydrogen-bond acceptors (Lipinski definition) is 5. The van der Waals surface area contributed by atoms with Crippen molar-refractivity contribution in [3.63, 3.8) is 0 Å². The van der Waals surface area contributed by atoms with Gasteiger partial charge in [-0.15, -0.1) is 11.3 Å². The van der Waals surface area contributed by atoms with Crippen molar-refractivity contribution >= 4 is 23.0 Å². The zero-order chi connectivity index (χ0) is 20.6. The van der Waals surface area contributed by atoms with Gasteiger partial charge in [-0.3, -0.25) is 4.99 Å². The number of aryl methyl sites for hydroxylation is 1. The Kier molecular flexibility index (Phi) is 7.83. The van der Waals surface area contributed by atoms with E-state index in [9.17, 15) is 4.39 Å². The fourth-order valence-electron chi connectivity index (χ4n) is 3.38. The molecule has 0 spiro atoms. The van der Waals surface area contributed by atoms with Gasteiger partial charge >= 0.3 is 0 Å². The maximum absolute atomic E-state index is 14.7. The van der Waals surface area contributed by atoms with Crippen molar-refractivity contribution in [2.45, 2.75) is 33.4 Å². The van der Waals surface area contributed by atoms with Gasteiger partial charge in [-0.1, -0.05) is 19.9 Å². The number of likely N-dealkylation sites (N-methyl/N-ethyl adjacent to an activating group) is 1. The first kappa shape index (κ1) is 21.5. The van der Waals surface area contributed by atoms with Gasteiger partial charge in [0.2, 0.25) is 0 Å². The number of benzene rings is 1. The van der Waals surface area contributed by atoms with Crippen LogP contribution < -0.4 is 15.5 Å². The van der Waals surface area contributed by atoms with Crippen molar-refractivity contribution < 1.29 is 4.39 Å². The molecule has 1 aliphatic heterocycles. The van der Waals surface area contributed by atoms with E-state index in [1.807, 2.05) is 18.3 Å². The number of guanidine groups is 1. The quantitative estimate of drug-likeness (QED) is 0.535. The Labute approximate surface area is 176 Å². The van der Waals surface area contributed by atoms with Gasteiger partial charge in [0.1, 0.15) is 10.8 Å². The molecule has 0 aliphatic carbocycles. The Balaban J connectivity index is 1.51. The number of nitrogens with one attached hydrogen (secondary N) is 2. The van der Waals surface area contributed by atoms with E-state index in [0.717, 1.165) is 49.7 Å². The smallest absolute Gasteiger partial charge is 0.191 e. The van der Waals surface area contributed by atoms with Crippen LogP contribution in [-0.2, 0) is 19.5 Å². The van der Waals surface area contributed by atoms with Crippen molar-refractivity contribution in [2.75, 3.05) is 44.7 Å². The molecule has 1 saturated heterocycles. The highest BCUT2D eigenvalue weighted by atomic mass is 32.1. The standard InChI is InChI=1S/C21H31FN6S/c1-4-17-14-24-20(29-17)15-26-21(23-3)25-13-16-6-7-19(18(22)12-16)28-10-8-27(5-2)9-11-28/h6-7,12,14H,4-5,8-11,13,15H2,1-3H3,(H2,23,25,26). The molecule has 0 atom stereocenters. The first-order chi connectivity index (χ1) is 14.1. The van der Waals surface area contributed by atoms with Crippen LogP contribution in [0, 0.1) is 5.82 Å². The molecule has 29 heavy (non-hydrogen) atoms. The molecule has 0 unspecified atom stereocenters. The lowest BCUT2D eigenvalue weighted by Crippen LogP contribution is -2.46. The molecule has 1 aromatic heterocycles. The summed E-state index contributed by atoms with van der Waals surface area (Å²) in [5.41, 5.74) is 1.59. The summed E-state index contributed by atoms with van der Waals surface area (Å²) in [6.07, 6.45) is 2.92. The average Bonchev–Trinajstić information content (AvgIpc) is 3.22. The monoisotopic (exact) mass is 418 g/mol. The molecule has 8 heteroatoms. The summed E-state index contributed by atoms with van der Waals surface area (Å²) in [7, 11) is 1.73. The Morgan fingerprint density at radius 1 is 1.17 bits per heavy atom. The lowest BCUT2D eigenvalue weighted by Gasteiger charge is -2.35. The van der Waals surface area contributed by atoms with Gasteiger partial charge in [0.15, 0.2) is 5.96 Å². The van der Waals surface area contributed by atoms with E-state index in [0.29, 0.717) is 24.7 Å². The minimum Gasteiger partial charge on any atom is -0.367 e. The maximum Gasteiger partial charge on any atom is 0.191 e. The molecule has 3 rings (SSSR count). The summed E-state index contributed by atoms with van der Waals surface area (Å²) in [6, 6.07) is 5.50. The number of halogens is 1. The molecule has 158 valence electrons. The predicted octanol–water partition coefficient (Wildman–Crippen LogP) is 2.85. The van der Waals surface area contributed by atoms with Crippen LogP contribution in [0.4, 0.5) is 10.1 Å². The summed E-state index contributed by atoms with van der Waals surface area (Å²) in [4.78, 5) is 14.4. The first-order valence-corrected chi connectivity index (χ1v) is 11.1. The van der Waals surface area contributed by atoms with Gasteiger partial charge in [0.05, 0.1) is 12.2 Å². The van der Waals surface area contributed by atoms with Gasteiger partial charge in [-0.25, -0.2) is 9.37 Å². The normalized spacial score (nSPS) is 15.6. The van der Waals surface area contributed by atoms with Crippen LogP contribution in [0.3, 0.4) is 0 Å². The SMILES string of the molecule is CCc1cnc(CNC(=NC)NCc2ccc(N3CCN(CC)CC3)c(F)c2)s1. The molecule has 1 aromatic carbocycles. The number of rotatable bonds is 7. The van der Waals surface area contributed by atoms with Gasteiger partial charge in [-0.2, -0.15) is 0 Å². The molecule has 1 aliphatic rings. The van der Waals surface area contributed by atoms with E-state index in [1.54, 1.807) is 24.5 Å². The highest BCUT2D eigenvalue weighted by Gasteiger charge is 2.18. The second-order valence-corrected chi connectivity index (χ2v) is 8.26. The van der Waals surface area contributed by atoms with Crippen LogP contribution in [0.2, 0.25) is 0 Å². The molecule has 2 N–H and O–H groups in total. The summed E-state index contributed by atoms with van der Waals surface area (Å²) < 4.78 is 14.7. The van der Waals surface area contributed by atoms with Gasteiger partial charge < -0.3 is 20.4 Å². The molecule has 6 nitrogen and oxygen atoms in total. The summed E-state index contributed by atoms with van der Waals surface area (Å²) in [5, 5.41) is 7.54. The third kappa shape index (κ3) is 5.90. The fraction of sp³-hybridized carbons (Fsp3) is 0.524. The Bertz CT molecular complexity index is 813. The molecule has 1 fully saturated rings. The lowest BCUT2D eigenvalue weighted by molar-refractivity contribution is 0.270. The zero-order valence-electron chi connectivity index (χ0n) is 17.5. The Morgan fingerprint density at radius 2 is 1.93 bits per heavy atom. The van der Waals surface area contributed by atoms with Crippen LogP contribution >= 0.6 is 11.3 Å². The van der Waals surface area contributed by atoms with Crippen molar-refractivity contribution in [2.24, 2.45) is 4.99 Å². The van der Waals surface area contributed by atoms with Gasteiger partial charge in [-0.05, 0) is 30.7 Å². The Morgan fingerprint density at radius 3 is 2.55 bits per heavy atom. The molecule has 0 radical (unpaired) electrons. The number of aliphatic imine (C=N–C) groups is 1. The lowest BCUT2D eigenvalue weighted by atomic mass is 10.1.